The Labute approximate surface area is 190 Å². The Balaban J connectivity index is 1.21. The quantitative estimate of drug-likeness (QED) is 0.659. The maximum Gasteiger partial charge on any atom is 0.241 e. The van der Waals surface area contributed by atoms with Gasteiger partial charge in [-0.15, -0.1) is 0 Å². The van der Waals surface area contributed by atoms with Crippen molar-refractivity contribution in [2.24, 2.45) is 0 Å². The summed E-state index contributed by atoms with van der Waals surface area (Å²) < 4.78 is 19.0. The van der Waals surface area contributed by atoms with Crippen LogP contribution in [-0.2, 0) is 16.1 Å². The molecule has 1 atom stereocenters. The number of carbonyl (C=O) groups excluding carboxylic acids is 2. The Morgan fingerprint density at radius 2 is 1.97 bits per heavy atom. The Hall–Kier alpha value is -3.59. The molecule has 3 heterocycles. The Morgan fingerprint density at radius 3 is 2.76 bits per heavy atom. The van der Waals surface area contributed by atoms with Gasteiger partial charge in [0.15, 0.2) is 0 Å². The fourth-order valence-electron chi connectivity index (χ4n) is 4.45. The zero-order valence-electron chi connectivity index (χ0n) is 18.3. The number of nitrogens with zero attached hydrogens (tertiary/aromatic N) is 4. The van der Waals surface area contributed by atoms with Crippen molar-refractivity contribution < 1.29 is 18.5 Å². The number of hydrogen-bond acceptors (Lipinski definition) is 6. The standard InChI is InChI=1S/C24H24FN5O3/c1-15-4-2-3-5-17(15)23-27-22(33-28-23)14-29-8-10-30(11-9-29)24(32)19-13-21(31)26-20-12-16(25)6-7-18(19)20/h2-7,12,19H,8-11,13-14H2,1H3,(H,26,31)/t19-/m1/s1. The van der Waals surface area contributed by atoms with Crippen LogP contribution in [0.5, 0.6) is 0 Å². The van der Waals surface area contributed by atoms with E-state index in [9.17, 15) is 14.0 Å². The van der Waals surface area contributed by atoms with Crippen LogP contribution < -0.4 is 5.32 Å². The molecular weight excluding hydrogens is 425 g/mol. The highest BCUT2D eigenvalue weighted by molar-refractivity contribution is 6.01. The number of amides is 2. The van der Waals surface area contributed by atoms with Gasteiger partial charge in [-0.25, -0.2) is 4.39 Å². The van der Waals surface area contributed by atoms with E-state index in [0.29, 0.717) is 55.7 Å². The molecule has 2 aromatic carbocycles. The van der Waals surface area contributed by atoms with Crippen LogP contribution in [0, 0.1) is 12.7 Å². The number of rotatable bonds is 4. The molecule has 2 amide bonds. The molecule has 0 spiro atoms. The first kappa shape index (κ1) is 21.3. The zero-order chi connectivity index (χ0) is 22.9. The molecule has 2 aliphatic heterocycles. The fourth-order valence-corrected chi connectivity index (χ4v) is 4.45. The summed E-state index contributed by atoms with van der Waals surface area (Å²) in [5.74, 6) is -0.297. The SMILES string of the molecule is Cc1ccccc1-c1noc(CN2CCN(C(=O)[C@@H]3CC(=O)Nc4cc(F)ccc43)CC2)n1. The first-order chi connectivity index (χ1) is 16.0. The molecule has 0 bridgehead atoms. The predicted octanol–water partition coefficient (Wildman–Crippen LogP) is 2.95. The third-order valence-corrected chi connectivity index (χ3v) is 6.25. The number of anilines is 1. The summed E-state index contributed by atoms with van der Waals surface area (Å²) in [5, 5.41) is 6.77. The van der Waals surface area contributed by atoms with Gasteiger partial charge in [-0.3, -0.25) is 14.5 Å². The fraction of sp³-hybridized carbons (Fsp3) is 0.333. The van der Waals surface area contributed by atoms with E-state index in [1.54, 1.807) is 11.0 Å². The van der Waals surface area contributed by atoms with Crippen LogP contribution in [0.3, 0.4) is 0 Å². The number of piperazine rings is 1. The third-order valence-electron chi connectivity index (χ3n) is 6.25. The van der Waals surface area contributed by atoms with Crippen molar-refractivity contribution in [3.8, 4) is 11.4 Å². The van der Waals surface area contributed by atoms with Crippen LogP contribution >= 0.6 is 0 Å². The molecular formula is C24H24FN5O3. The van der Waals surface area contributed by atoms with Crippen molar-refractivity contribution in [1.82, 2.24) is 19.9 Å². The van der Waals surface area contributed by atoms with Crippen molar-refractivity contribution in [3.05, 3.63) is 65.3 Å². The minimum absolute atomic E-state index is 0.0708. The van der Waals surface area contributed by atoms with Gasteiger partial charge in [0.25, 0.3) is 0 Å². The zero-order valence-corrected chi connectivity index (χ0v) is 18.3. The van der Waals surface area contributed by atoms with Gasteiger partial charge in [0.1, 0.15) is 5.82 Å². The second-order valence-corrected chi connectivity index (χ2v) is 8.46. The molecule has 1 N–H and O–H groups in total. The van der Waals surface area contributed by atoms with E-state index in [0.717, 1.165) is 11.1 Å². The molecule has 1 aromatic heterocycles. The molecule has 170 valence electrons. The van der Waals surface area contributed by atoms with E-state index in [1.807, 2.05) is 31.2 Å². The molecule has 1 fully saturated rings. The van der Waals surface area contributed by atoms with E-state index < -0.39 is 11.7 Å². The van der Waals surface area contributed by atoms with E-state index in [-0.39, 0.29) is 18.2 Å². The number of halogens is 1. The Morgan fingerprint density at radius 1 is 1.18 bits per heavy atom. The maximum absolute atomic E-state index is 13.6. The largest absolute Gasteiger partial charge is 0.340 e. The first-order valence-electron chi connectivity index (χ1n) is 11.0. The van der Waals surface area contributed by atoms with Gasteiger partial charge in [-0.2, -0.15) is 4.98 Å². The van der Waals surface area contributed by atoms with Crippen LogP contribution in [0.15, 0.2) is 47.0 Å². The van der Waals surface area contributed by atoms with Crippen molar-refractivity contribution in [1.29, 1.82) is 0 Å². The molecule has 2 aliphatic rings. The van der Waals surface area contributed by atoms with E-state index in [4.69, 9.17) is 4.52 Å². The van der Waals surface area contributed by atoms with Crippen molar-refractivity contribution in [3.63, 3.8) is 0 Å². The molecule has 33 heavy (non-hydrogen) atoms. The van der Waals surface area contributed by atoms with E-state index >= 15 is 0 Å². The smallest absolute Gasteiger partial charge is 0.241 e. The molecule has 0 aliphatic carbocycles. The molecule has 5 rings (SSSR count). The second kappa shape index (κ2) is 8.74. The van der Waals surface area contributed by atoms with Crippen LogP contribution in [0.1, 0.15) is 29.4 Å². The van der Waals surface area contributed by atoms with Crippen molar-refractivity contribution in [2.45, 2.75) is 25.8 Å². The monoisotopic (exact) mass is 449 g/mol. The number of fused-ring (bicyclic) bond motifs is 1. The summed E-state index contributed by atoms with van der Waals surface area (Å²) in [6.07, 6.45) is 0.0708. The van der Waals surface area contributed by atoms with Crippen LogP contribution in [-0.4, -0.2) is 57.9 Å². The normalized spacial score (nSPS) is 18.7. The highest BCUT2D eigenvalue weighted by atomic mass is 19.1. The van der Waals surface area contributed by atoms with Gasteiger partial charge in [-0.05, 0) is 30.2 Å². The van der Waals surface area contributed by atoms with Gasteiger partial charge in [0, 0.05) is 43.9 Å². The molecule has 0 unspecified atom stereocenters. The second-order valence-electron chi connectivity index (χ2n) is 8.46. The lowest BCUT2D eigenvalue weighted by atomic mass is 9.89. The van der Waals surface area contributed by atoms with Gasteiger partial charge >= 0.3 is 0 Å². The minimum atomic E-state index is -0.589. The first-order valence-corrected chi connectivity index (χ1v) is 11.0. The lowest BCUT2D eigenvalue weighted by Crippen LogP contribution is -2.50. The van der Waals surface area contributed by atoms with Crippen molar-refractivity contribution >= 4 is 17.5 Å². The molecule has 0 saturated carbocycles. The van der Waals surface area contributed by atoms with E-state index in [1.165, 1.54) is 12.1 Å². The van der Waals surface area contributed by atoms with Crippen LogP contribution in [0.4, 0.5) is 10.1 Å². The average molecular weight is 449 g/mol. The highest BCUT2D eigenvalue weighted by Crippen LogP contribution is 2.34. The van der Waals surface area contributed by atoms with E-state index in [2.05, 4.69) is 20.4 Å². The molecule has 8 nitrogen and oxygen atoms in total. The summed E-state index contributed by atoms with van der Waals surface area (Å²) in [5.41, 5.74) is 3.07. The maximum atomic E-state index is 13.6. The lowest BCUT2D eigenvalue weighted by Gasteiger charge is -2.37. The molecule has 9 heteroatoms. The molecule has 0 radical (unpaired) electrons. The van der Waals surface area contributed by atoms with Gasteiger partial charge in [0.2, 0.25) is 23.5 Å². The summed E-state index contributed by atoms with van der Waals surface area (Å²) in [4.78, 5) is 33.7. The number of hydrogen-bond donors (Lipinski definition) is 1. The number of benzene rings is 2. The topological polar surface area (TPSA) is 91.6 Å². The third kappa shape index (κ3) is 4.36. The molecule has 1 saturated heterocycles. The number of aryl methyl sites for hydroxylation is 1. The highest BCUT2D eigenvalue weighted by Gasteiger charge is 2.35. The summed E-state index contributed by atoms with van der Waals surface area (Å²) >= 11 is 0. The Bertz CT molecular complexity index is 1200. The van der Waals surface area contributed by atoms with Crippen LogP contribution in [0.2, 0.25) is 0 Å². The molecule has 3 aromatic rings. The summed E-state index contributed by atoms with van der Waals surface area (Å²) in [6, 6.07) is 12.1. The minimum Gasteiger partial charge on any atom is -0.340 e. The number of carbonyl (C=O) groups is 2. The Kier molecular flexibility index (Phi) is 5.63. The van der Waals surface area contributed by atoms with Gasteiger partial charge in [0.05, 0.1) is 12.5 Å². The van der Waals surface area contributed by atoms with Crippen LogP contribution in [0.25, 0.3) is 11.4 Å². The summed E-state index contributed by atoms with van der Waals surface area (Å²) in [7, 11) is 0. The summed E-state index contributed by atoms with van der Waals surface area (Å²) in [6.45, 7) is 4.89. The lowest BCUT2D eigenvalue weighted by molar-refractivity contribution is -0.136. The predicted molar refractivity (Wildman–Crippen MR) is 119 cm³/mol. The van der Waals surface area contributed by atoms with Crippen molar-refractivity contribution in [2.75, 3.05) is 31.5 Å². The number of aromatic nitrogens is 2. The van der Waals surface area contributed by atoms with Gasteiger partial charge in [-0.1, -0.05) is 35.5 Å². The van der Waals surface area contributed by atoms with Gasteiger partial charge < -0.3 is 14.7 Å². The number of nitrogens with one attached hydrogen (secondary N) is 1. The average Bonchev–Trinajstić information content (AvgIpc) is 3.26.